The maximum absolute atomic E-state index is 12.6. The minimum absolute atomic E-state index is 0.110. The van der Waals surface area contributed by atoms with Crippen LogP contribution in [0.4, 0.5) is 0 Å². The zero-order chi connectivity index (χ0) is 19.4. The Morgan fingerprint density at radius 2 is 1.89 bits per heavy atom. The summed E-state index contributed by atoms with van der Waals surface area (Å²) in [5.41, 5.74) is 2.69. The lowest BCUT2D eigenvalue weighted by atomic mass is 9.96. The number of rotatable bonds is 6. The van der Waals surface area contributed by atoms with E-state index in [2.05, 4.69) is 58.7 Å². The number of hydrogen-bond acceptors (Lipinski definition) is 4. The molecule has 0 radical (unpaired) electrons. The number of nitrogens with one attached hydrogen (secondary N) is 1. The van der Waals surface area contributed by atoms with Gasteiger partial charge in [-0.1, -0.05) is 72.7 Å². The van der Waals surface area contributed by atoms with Crippen LogP contribution in [0.1, 0.15) is 36.8 Å². The molecule has 28 heavy (non-hydrogen) atoms. The van der Waals surface area contributed by atoms with Crippen LogP contribution in [-0.4, -0.2) is 41.8 Å². The lowest BCUT2D eigenvalue weighted by Gasteiger charge is -2.21. The molecule has 0 aliphatic carbocycles. The van der Waals surface area contributed by atoms with Gasteiger partial charge in [-0.05, 0) is 17.0 Å². The van der Waals surface area contributed by atoms with Crippen LogP contribution in [0, 0.1) is 0 Å². The predicted octanol–water partition coefficient (Wildman–Crippen LogP) is 3.33. The molecule has 2 aromatic carbocycles. The van der Waals surface area contributed by atoms with Gasteiger partial charge in [-0.2, -0.15) is 0 Å². The van der Waals surface area contributed by atoms with Crippen molar-refractivity contribution in [3.8, 4) is 0 Å². The highest BCUT2D eigenvalue weighted by molar-refractivity contribution is 6.39. The molecule has 2 heterocycles. The number of carbonyl (C=O) groups excluding carboxylic acids is 1. The van der Waals surface area contributed by atoms with Crippen molar-refractivity contribution < 1.29 is 9.63 Å². The van der Waals surface area contributed by atoms with Crippen molar-refractivity contribution in [1.82, 2.24) is 10.2 Å². The SMILES string of the molecule is C[C@@H](CNC(=O)C1=NO[C@@]2(CCN(Cc3ccccc3)C2)C1)c1ccccc1. The number of carbonyl (C=O) groups is 1. The molecule has 2 aliphatic heterocycles. The highest BCUT2D eigenvalue weighted by Gasteiger charge is 2.46. The summed E-state index contributed by atoms with van der Waals surface area (Å²) in [7, 11) is 0. The Labute approximate surface area is 166 Å². The first kappa shape index (κ1) is 18.7. The zero-order valence-electron chi connectivity index (χ0n) is 16.3. The summed E-state index contributed by atoms with van der Waals surface area (Å²) in [5, 5.41) is 7.16. The van der Waals surface area contributed by atoms with Gasteiger partial charge in [0.05, 0.1) is 0 Å². The van der Waals surface area contributed by atoms with Crippen LogP contribution in [0.25, 0.3) is 0 Å². The van der Waals surface area contributed by atoms with E-state index in [0.717, 1.165) is 26.1 Å². The van der Waals surface area contributed by atoms with E-state index in [1.165, 1.54) is 11.1 Å². The largest absolute Gasteiger partial charge is 0.387 e. The fraction of sp³-hybridized carbons (Fsp3) is 0.391. The molecule has 1 fully saturated rings. The summed E-state index contributed by atoms with van der Waals surface area (Å²) < 4.78 is 0. The summed E-state index contributed by atoms with van der Waals surface area (Å²) in [4.78, 5) is 20.7. The van der Waals surface area contributed by atoms with Gasteiger partial charge in [0, 0.05) is 39.0 Å². The maximum Gasteiger partial charge on any atom is 0.269 e. The number of nitrogens with zero attached hydrogens (tertiary/aromatic N) is 2. The summed E-state index contributed by atoms with van der Waals surface area (Å²) in [6.45, 7) is 5.38. The Morgan fingerprint density at radius 3 is 2.64 bits per heavy atom. The first-order valence-electron chi connectivity index (χ1n) is 9.98. The Hall–Kier alpha value is -2.66. The van der Waals surface area contributed by atoms with E-state index in [-0.39, 0.29) is 17.4 Å². The van der Waals surface area contributed by atoms with Gasteiger partial charge in [0.15, 0.2) is 5.60 Å². The molecular formula is C23H27N3O2. The van der Waals surface area contributed by atoms with Crippen molar-refractivity contribution >= 4 is 11.6 Å². The van der Waals surface area contributed by atoms with Gasteiger partial charge in [-0.25, -0.2) is 0 Å². The third-order valence-corrected chi connectivity index (χ3v) is 5.68. The molecule has 0 saturated carbocycles. The van der Waals surface area contributed by atoms with Crippen molar-refractivity contribution in [3.63, 3.8) is 0 Å². The Morgan fingerprint density at radius 1 is 1.18 bits per heavy atom. The van der Waals surface area contributed by atoms with E-state index < -0.39 is 0 Å². The van der Waals surface area contributed by atoms with Crippen LogP contribution < -0.4 is 5.32 Å². The number of likely N-dealkylation sites (tertiary alicyclic amines) is 1. The minimum atomic E-state index is -0.341. The van der Waals surface area contributed by atoms with Crippen LogP contribution in [-0.2, 0) is 16.2 Å². The van der Waals surface area contributed by atoms with Crippen molar-refractivity contribution in [3.05, 3.63) is 71.8 Å². The Bertz CT molecular complexity index is 837. The average molecular weight is 377 g/mol. The maximum atomic E-state index is 12.6. The van der Waals surface area contributed by atoms with Crippen LogP contribution in [0.15, 0.2) is 65.8 Å². The second kappa shape index (κ2) is 8.15. The molecule has 0 aromatic heterocycles. The molecule has 1 amide bonds. The second-order valence-corrected chi connectivity index (χ2v) is 7.96. The fourth-order valence-electron chi connectivity index (χ4n) is 4.01. The predicted molar refractivity (Wildman–Crippen MR) is 110 cm³/mol. The summed E-state index contributed by atoms with van der Waals surface area (Å²) >= 11 is 0. The van der Waals surface area contributed by atoms with Gasteiger partial charge in [0.2, 0.25) is 0 Å². The molecule has 1 spiro atoms. The fourth-order valence-corrected chi connectivity index (χ4v) is 4.01. The van der Waals surface area contributed by atoms with Crippen molar-refractivity contribution in [1.29, 1.82) is 0 Å². The number of hydrogen-bond donors (Lipinski definition) is 1. The van der Waals surface area contributed by atoms with Gasteiger partial charge >= 0.3 is 0 Å². The second-order valence-electron chi connectivity index (χ2n) is 7.96. The number of oxime groups is 1. The molecule has 5 heteroatoms. The van der Waals surface area contributed by atoms with Crippen molar-refractivity contribution in [2.24, 2.45) is 5.16 Å². The molecule has 4 rings (SSSR count). The van der Waals surface area contributed by atoms with Crippen molar-refractivity contribution in [2.75, 3.05) is 19.6 Å². The molecule has 0 unspecified atom stereocenters. The molecule has 2 aliphatic rings. The molecule has 2 atom stereocenters. The molecule has 1 N–H and O–H groups in total. The van der Waals surface area contributed by atoms with Gasteiger partial charge < -0.3 is 10.2 Å². The van der Waals surface area contributed by atoms with Crippen LogP contribution in [0.3, 0.4) is 0 Å². The third kappa shape index (κ3) is 4.25. The van der Waals surface area contributed by atoms with E-state index in [4.69, 9.17) is 4.84 Å². The highest BCUT2D eigenvalue weighted by atomic mass is 16.7. The monoisotopic (exact) mass is 377 g/mol. The van der Waals surface area contributed by atoms with Crippen LogP contribution >= 0.6 is 0 Å². The summed E-state index contributed by atoms with van der Waals surface area (Å²) in [6.07, 6.45) is 1.49. The van der Waals surface area contributed by atoms with Gasteiger partial charge in [0.1, 0.15) is 5.71 Å². The molecule has 1 saturated heterocycles. The van der Waals surface area contributed by atoms with Crippen LogP contribution in [0.5, 0.6) is 0 Å². The number of amides is 1. The highest BCUT2D eigenvalue weighted by Crippen LogP contribution is 2.34. The smallest absolute Gasteiger partial charge is 0.269 e. The van der Waals surface area contributed by atoms with Gasteiger partial charge in [-0.3, -0.25) is 9.69 Å². The molecule has 146 valence electrons. The lowest BCUT2D eigenvalue weighted by Crippen LogP contribution is -2.37. The summed E-state index contributed by atoms with van der Waals surface area (Å²) in [5.74, 6) is 0.149. The molecule has 0 bridgehead atoms. The third-order valence-electron chi connectivity index (χ3n) is 5.68. The Kier molecular flexibility index (Phi) is 5.44. The normalized spacial score (nSPS) is 22.7. The van der Waals surface area contributed by atoms with Gasteiger partial charge in [0.25, 0.3) is 5.91 Å². The molecule has 5 nitrogen and oxygen atoms in total. The number of benzene rings is 2. The lowest BCUT2D eigenvalue weighted by molar-refractivity contribution is -0.115. The van der Waals surface area contributed by atoms with E-state index in [1.54, 1.807) is 0 Å². The Balaban J connectivity index is 1.27. The first-order valence-corrected chi connectivity index (χ1v) is 9.98. The summed E-state index contributed by atoms with van der Waals surface area (Å²) in [6, 6.07) is 20.7. The van der Waals surface area contributed by atoms with E-state index >= 15 is 0 Å². The molecule has 2 aromatic rings. The van der Waals surface area contributed by atoms with E-state index in [0.29, 0.717) is 18.7 Å². The average Bonchev–Trinajstić information content (AvgIpc) is 3.34. The van der Waals surface area contributed by atoms with Crippen molar-refractivity contribution in [2.45, 2.75) is 37.8 Å². The standard InChI is InChI=1S/C23H27N3O2/c1-18(20-10-6-3-7-11-20)15-24-22(27)21-14-23(28-25-21)12-13-26(17-23)16-19-8-4-2-5-9-19/h2-11,18H,12-17H2,1H3,(H,24,27)/t18-,23-/m0/s1. The first-order chi connectivity index (χ1) is 13.6. The molecular weight excluding hydrogens is 350 g/mol. The van der Waals surface area contributed by atoms with E-state index in [1.807, 2.05) is 24.3 Å². The minimum Gasteiger partial charge on any atom is -0.387 e. The quantitative estimate of drug-likeness (QED) is 0.840. The zero-order valence-corrected chi connectivity index (χ0v) is 16.3. The van der Waals surface area contributed by atoms with Gasteiger partial charge in [-0.15, -0.1) is 0 Å². The van der Waals surface area contributed by atoms with E-state index in [9.17, 15) is 4.79 Å². The van der Waals surface area contributed by atoms with Crippen LogP contribution in [0.2, 0.25) is 0 Å². The topological polar surface area (TPSA) is 53.9 Å².